The van der Waals surface area contributed by atoms with Crippen LogP contribution in [0, 0.1) is 0 Å². The fraction of sp³-hybridized carbons (Fsp3) is 0.400. The molecule has 2 aromatic rings. The molecule has 0 bridgehead atoms. The summed E-state index contributed by atoms with van der Waals surface area (Å²) < 4.78 is 26.8. The van der Waals surface area contributed by atoms with Crippen LogP contribution in [0.15, 0.2) is 57.4 Å². The molecule has 3 rings (SSSR count). The van der Waals surface area contributed by atoms with Crippen LogP contribution < -0.4 is 5.32 Å². The summed E-state index contributed by atoms with van der Waals surface area (Å²) in [4.78, 5) is 17.5. The highest BCUT2D eigenvalue weighted by molar-refractivity contribution is 8.00. The molecule has 1 aliphatic heterocycles. The maximum Gasteiger partial charge on any atom is 0.244 e. The molecule has 6 nitrogen and oxygen atoms in total. The molecule has 30 heavy (non-hydrogen) atoms. The number of hydrogen-bond donors (Lipinski definition) is 1. The lowest BCUT2D eigenvalue weighted by molar-refractivity contribution is -0.118. The van der Waals surface area contributed by atoms with Crippen LogP contribution in [0.25, 0.3) is 0 Å². The average Bonchev–Trinajstić information content (AvgIpc) is 2.77. The van der Waals surface area contributed by atoms with Gasteiger partial charge in [0.25, 0.3) is 0 Å². The van der Waals surface area contributed by atoms with E-state index in [9.17, 15) is 13.2 Å². The quantitative estimate of drug-likeness (QED) is 0.428. The first-order chi connectivity index (χ1) is 14.4. The van der Waals surface area contributed by atoms with Gasteiger partial charge in [0.15, 0.2) is 0 Å². The highest BCUT2D eigenvalue weighted by atomic mass is 35.5. The summed E-state index contributed by atoms with van der Waals surface area (Å²) in [5.74, 6) is 0.916. The zero-order valence-corrected chi connectivity index (χ0v) is 19.6. The van der Waals surface area contributed by atoms with Gasteiger partial charge in [-0.25, -0.2) is 13.4 Å². The van der Waals surface area contributed by atoms with Crippen LogP contribution in [-0.2, 0) is 14.8 Å². The van der Waals surface area contributed by atoms with Gasteiger partial charge in [-0.05, 0) is 49.2 Å². The van der Waals surface area contributed by atoms with Gasteiger partial charge in [-0.2, -0.15) is 4.31 Å². The fourth-order valence-corrected chi connectivity index (χ4v) is 5.97. The number of hydrogen-bond acceptors (Lipinski definition) is 6. The van der Waals surface area contributed by atoms with E-state index < -0.39 is 10.0 Å². The third-order valence-corrected chi connectivity index (χ3v) is 8.61. The van der Waals surface area contributed by atoms with Crippen LogP contribution in [-0.4, -0.2) is 54.8 Å². The second kappa shape index (κ2) is 11.4. The SMILES string of the molecule is O=C(CSc1ccc(S(=O)(=O)N2CCCCC2)cn1)NCCSc1ccc(Cl)cc1. The molecule has 0 radical (unpaired) electrons. The molecule has 0 aliphatic carbocycles. The second-order valence-electron chi connectivity index (χ2n) is 6.74. The molecule has 0 spiro atoms. The minimum absolute atomic E-state index is 0.0801. The van der Waals surface area contributed by atoms with Crippen molar-refractivity contribution in [3.8, 4) is 0 Å². The van der Waals surface area contributed by atoms with Crippen molar-refractivity contribution in [3.05, 3.63) is 47.6 Å². The standard InChI is InChI=1S/C20H24ClN3O3S3/c21-16-4-6-17(7-5-16)28-13-10-22-19(25)15-29-20-9-8-18(14-23-20)30(26,27)24-11-2-1-3-12-24/h4-9,14H,1-3,10-13,15H2,(H,22,25). The molecule has 1 amide bonds. The van der Waals surface area contributed by atoms with Crippen LogP contribution >= 0.6 is 35.1 Å². The number of halogens is 1. The largest absolute Gasteiger partial charge is 0.355 e. The smallest absolute Gasteiger partial charge is 0.244 e. The number of aromatic nitrogens is 1. The average molecular weight is 486 g/mol. The topological polar surface area (TPSA) is 79.4 Å². The van der Waals surface area contributed by atoms with Gasteiger partial charge in [0.05, 0.1) is 10.8 Å². The Morgan fingerprint density at radius 1 is 1.07 bits per heavy atom. The van der Waals surface area contributed by atoms with E-state index in [0.29, 0.717) is 29.7 Å². The van der Waals surface area contributed by atoms with E-state index in [1.54, 1.807) is 23.9 Å². The Balaban J connectivity index is 1.40. The Morgan fingerprint density at radius 2 is 1.80 bits per heavy atom. The lowest BCUT2D eigenvalue weighted by atomic mass is 10.2. The number of carbonyl (C=O) groups excluding carboxylic acids is 1. The van der Waals surface area contributed by atoms with Gasteiger partial charge in [-0.3, -0.25) is 4.79 Å². The maximum absolute atomic E-state index is 12.6. The van der Waals surface area contributed by atoms with Crippen LogP contribution in [0.2, 0.25) is 5.02 Å². The Kier molecular flexibility index (Phi) is 8.88. The van der Waals surface area contributed by atoms with Gasteiger partial charge in [0.2, 0.25) is 15.9 Å². The number of nitrogens with one attached hydrogen (secondary N) is 1. The number of thioether (sulfide) groups is 2. The molecule has 2 heterocycles. The molecule has 1 fully saturated rings. The van der Waals surface area contributed by atoms with E-state index in [-0.39, 0.29) is 16.6 Å². The molecular weight excluding hydrogens is 462 g/mol. The van der Waals surface area contributed by atoms with E-state index in [4.69, 9.17) is 11.6 Å². The summed E-state index contributed by atoms with van der Waals surface area (Å²) in [5.41, 5.74) is 0. The van der Waals surface area contributed by atoms with Crippen molar-refractivity contribution in [2.75, 3.05) is 31.1 Å². The molecule has 1 saturated heterocycles. The van der Waals surface area contributed by atoms with Crippen LogP contribution in [0.4, 0.5) is 0 Å². The van der Waals surface area contributed by atoms with Gasteiger partial charge < -0.3 is 5.32 Å². The first kappa shape index (κ1) is 23.4. The zero-order chi connectivity index (χ0) is 21.4. The van der Waals surface area contributed by atoms with Crippen molar-refractivity contribution in [2.24, 2.45) is 0 Å². The molecule has 1 aliphatic rings. The summed E-state index contributed by atoms with van der Waals surface area (Å²) in [7, 11) is -3.48. The molecule has 1 N–H and O–H groups in total. The zero-order valence-electron chi connectivity index (χ0n) is 16.4. The Hall–Kier alpha value is -1.26. The van der Waals surface area contributed by atoms with Crippen LogP contribution in [0.1, 0.15) is 19.3 Å². The third-order valence-electron chi connectivity index (χ3n) is 4.52. The molecule has 162 valence electrons. The van der Waals surface area contributed by atoms with Crippen molar-refractivity contribution in [3.63, 3.8) is 0 Å². The normalized spacial score (nSPS) is 15.1. The monoisotopic (exact) mass is 485 g/mol. The van der Waals surface area contributed by atoms with E-state index >= 15 is 0 Å². The second-order valence-corrected chi connectivity index (χ2v) is 11.3. The lowest BCUT2D eigenvalue weighted by Gasteiger charge is -2.25. The van der Waals surface area contributed by atoms with Gasteiger partial charge >= 0.3 is 0 Å². The maximum atomic E-state index is 12.6. The van der Waals surface area contributed by atoms with Gasteiger partial charge in [0.1, 0.15) is 4.90 Å². The van der Waals surface area contributed by atoms with Crippen LogP contribution in [0.5, 0.6) is 0 Å². The summed E-state index contributed by atoms with van der Waals surface area (Å²) >= 11 is 8.79. The lowest BCUT2D eigenvalue weighted by Crippen LogP contribution is -2.35. The molecule has 1 aromatic heterocycles. The number of rotatable bonds is 9. The van der Waals surface area contributed by atoms with Gasteiger partial charge in [-0.1, -0.05) is 29.8 Å². The van der Waals surface area contributed by atoms with Crippen molar-refractivity contribution >= 4 is 51.1 Å². The first-order valence-corrected chi connectivity index (χ1v) is 13.5. The van der Waals surface area contributed by atoms with E-state index in [1.807, 2.05) is 24.3 Å². The molecular formula is C20H24ClN3O3S3. The predicted octanol–water partition coefficient (Wildman–Crippen LogP) is 3.91. The van der Waals surface area contributed by atoms with Crippen molar-refractivity contribution < 1.29 is 13.2 Å². The molecule has 0 saturated carbocycles. The van der Waals surface area contributed by atoms with E-state index in [1.165, 1.54) is 22.3 Å². The van der Waals surface area contributed by atoms with Gasteiger partial charge in [-0.15, -0.1) is 11.8 Å². The Labute approximate surface area is 191 Å². The number of pyridine rings is 1. The minimum atomic E-state index is -3.48. The summed E-state index contributed by atoms with van der Waals surface area (Å²) in [6.07, 6.45) is 4.25. The molecule has 10 heteroatoms. The van der Waals surface area contributed by atoms with E-state index in [0.717, 1.165) is 29.9 Å². The predicted molar refractivity (Wildman–Crippen MR) is 123 cm³/mol. The van der Waals surface area contributed by atoms with Crippen molar-refractivity contribution in [2.45, 2.75) is 34.1 Å². The third kappa shape index (κ3) is 6.88. The molecule has 1 aromatic carbocycles. The van der Waals surface area contributed by atoms with E-state index in [2.05, 4.69) is 10.3 Å². The Morgan fingerprint density at radius 3 is 2.47 bits per heavy atom. The molecule has 0 atom stereocenters. The highest BCUT2D eigenvalue weighted by Crippen LogP contribution is 2.22. The summed E-state index contributed by atoms with van der Waals surface area (Å²) in [6, 6.07) is 10.8. The fourth-order valence-electron chi connectivity index (χ4n) is 2.94. The van der Waals surface area contributed by atoms with Crippen LogP contribution in [0.3, 0.4) is 0 Å². The number of amides is 1. The number of piperidine rings is 1. The first-order valence-electron chi connectivity index (χ1n) is 9.69. The number of benzene rings is 1. The summed E-state index contributed by atoms with van der Waals surface area (Å²) in [6.45, 7) is 1.69. The number of carbonyl (C=O) groups is 1. The Bertz CT molecular complexity index is 932. The highest BCUT2D eigenvalue weighted by Gasteiger charge is 2.26. The minimum Gasteiger partial charge on any atom is -0.355 e. The molecule has 0 unspecified atom stereocenters. The summed E-state index contributed by atoms with van der Waals surface area (Å²) in [5, 5.41) is 4.20. The van der Waals surface area contributed by atoms with Crippen molar-refractivity contribution in [1.29, 1.82) is 0 Å². The van der Waals surface area contributed by atoms with Crippen molar-refractivity contribution in [1.82, 2.24) is 14.6 Å². The number of sulfonamides is 1. The number of nitrogens with zero attached hydrogens (tertiary/aromatic N) is 2. The van der Waals surface area contributed by atoms with Gasteiger partial charge in [0, 0.05) is 41.5 Å².